The Morgan fingerprint density at radius 3 is 2.51 bits per heavy atom. The van der Waals surface area contributed by atoms with Crippen LogP contribution in [0, 0.1) is 0 Å². The lowest BCUT2D eigenvalue weighted by molar-refractivity contribution is -0.134. The summed E-state index contributed by atoms with van der Waals surface area (Å²) in [5.41, 5.74) is 6.30. The third-order valence-corrected chi connectivity index (χ3v) is 7.05. The van der Waals surface area contributed by atoms with Crippen LogP contribution in [0.2, 0.25) is 0 Å². The minimum Gasteiger partial charge on any atom is -0.466 e. The van der Waals surface area contributed by atoms with Crippen LogP contribution in [0.15, 0.2) is 73.1 Å². The number of fused-ring (bicyclic) bond motifs is 1. The van der Waals surface area contributed by atoms with Crippen LogP contribution in [0.25, 0.3) is 17.0 Å². The number of amides is 1. The first kappa shape index (κ1) is 27.9. The summed E-state index contributed by atoms with van der Waals surface area (Å²) in [6.07, 6.45) is 10.2. The van der Waals surface area contributed by atoms with Crippen molar-refractivity contribution in [1.82, 2.24) is 19.8 Å². The Bertz CT molecular complexity index is 1410. The molecule has 2 heterocycles. The maximum atomic E-state index is 12.5. The second-order valence-corrected chi connectivity index (χ2v) is 10.0. The number of ether oxygens (including phenoxy) is 1. The summed E-state index contributed by atoms with van der Waals surface area (Å²) in [7, 11) is 4.90. The zero-order valence-electron chi connectivity index (χ0n) is 23.2. The first-order chi connectivity index (χ1) is 18.9. The lowest BCUT2D eigenvalue weighted by Crippen LogP contribution is -2.30. The minimum absolute atomic E-state index is 0.0349. The number of benzene rings is 2. The van der Waals surface area contributed by atoms with E-state index in [1.165, 1.54) is 29.7 Å². The van der Waals surface area contributed by atoms with E-state index in [0.717, 1.165) is 42.5 Å². The third-order valence-electron chi connectivity index (χ3n) is 7.05. The molecule has 1 amide bonds. The number of nitrogens with zero attached hydrogens (tertiary/aromatic N) is 2. The van der Waals surface area contributed by atoms with Gasteiger partial charge >= 0.3 is 5.97 Å². The van der Waals surface area contributed by atoms with Gasteiger partial charge in [-0.05, 0) is 53.3 Å². The molecule has 0 bridgehead atoms. The maximum absolute atomic E-state index is 12.5. The van der Waals surface area contributed by atoms with Gasteiger partial charge in [-0.25, -0.2) is 4.79 Å². The van der Waals surface area contributed by atoms with Crippen LogP contribution in [-0.2, 0) is 22.5 Å². The van der Waals surface area contributed by atoms with Gasteiger partial charge in [0.1, 0.15) is 5.69 Å². The minimum atomic E-state index is -0.370. The summed E-state index contributed by atoms with van der Waals surface area (Å²) in [6.45, 7) is 3.79. The highest BCUT2D eigenvalue weighted by atomic mass is 16.5. The lowest BCUT2D eigenvalue weighted by Gasteiger charge is -2.32. The molecule has 0 fully saturated rings. The number of rotatable bonds is 12. The van der Waals surface area contributed by atoms with Gasteiger partial charge < -0.3 is 19.6 Å². The van der Waals surface area contributed by atoms with E-state index in [4.69, 9.17) is 4.74 Å². The molecular weight excluding hydrogens is 488 g/mol. The monoisotopic (exact) mass is 526 g/mol. The number of hydrogen-bond donors (Lipinski definition) is 2. The topological polar surface area (TPSA) is 81.4 Å². The molecule has 2 aromatic heterocycles. The number of carbonyl (C=O) groups is 2. The number of aromatic amines is 2. The number of nitrogens with one attached hydrogen (secondary N) is 2. The second-order valence-electron chi connectivity index (χ2n) is 10.0. The smallest absolute Gasteiger partial charge is 0.330 e. The van der Waals surface area contributed by atoms with Crippen molar-refractivity contribution in [1.29, 1.82) is 0 Å². The number of esters is 1. The van der Waals surface area contributed by atoms with Crippen LogP contribution in [0.5, 0.6) is 0 Å². The van der Waals surface area contributed by atoms with Crippen molar-refractivity contribution in [2.45, 2.75) is 38.8 Å². The van der Waals surface area contributed by atoms with E-state index in [1.807, 2.05) is 24.4 Å². The Kier molecular flexibility index (Phi) is 9.39. The zero-order valence-corrected chi connectivity index (χ0v) is 23.2. The van der Waals surface area contributed by atoms with E-state index < -0.39 is 0 Å². The van der Waals surface area contributed by atoms with Crippen LogP contribution < -0.4 is 0 Å². The molecule has 0 spiro atoms. The number of hydrogen-bond acceptors (Lipinski definition) is 4. The predicted molar refractivity (Wildman–Crippen MR) is 156 cm³/mol. The molecule has 0 saturated carbocycles. The molecule has 0 aliphatic heterocycles. The molecule has 0 aliphatic carbocycles. The summed E-state index contributed by atoms with van der Waals surface area (Å²) in [6, 6.07) is 18.9. The predicted octanol–water partition coefficient (Wildman–Crippen LogP) is 5.97. The van der Waals surface area contributed by atoms with Gasteiger partial charge in [0.15, 0.2) is 0 Å². The highest BCUT2D eigenvalue weighted by Crippen LogP contribution is 2.29. The maximum Gasteiger partial charge on any atom is 0.330 e. The van der Waals surface area contributed by atoms with Gasteiger partial charge in [0, 0.05) is 62.6 Å². The van der Waals surface area contributed by atoms with Crippen molar-refractivity contribution < 1.29 is 14.3 Å². The Hall–Kier alpha value is -4.10. The van der Waals surface area contributed by atoms with Crippen molar-refractivity contribution in [3.63, 3.8) is 0 Å². The quantitative estimate of drug-likeness (QED) is 0.176. The molecular formula is C32H38N4O3. The highest BCUT2D eigenvalue weighted by Gasteiger charge is 2.22. The fraction of sp³-hybridized carbons (Fsp3) is 0.312. The van der Waals surface area contributed by atoms with Crippen molar-refractivity contribution in [2.24, 2.45) is 0 Å². The van der Waals surface area contributed by atoms with Gasteiger partial charge in [-0.15, -0.1) is 0 Å². The molecule has 204 valence electrons. The van der Waals surface area contributed by atoms with Crippen molar-refractivity contribution in [3.05, 3.63) is 101 Å². The lowest BCUT2D eigenvalue weighted by atomic mass is 9.97. The molecule has 1 atom stereocenters. The molecule has 1 unspecified atom stereocenters. The number of carbonyl (C=O) groups excluding carboxylic acids is 2. The van der Waals surface area contributed by atoms with E-state index in [2.05, 4.69) is 64.4 Å². The first-order valence-electron chi connectivity index (χ1n) is 13.4. The summed E-state index contributed by atoms with van der Waals surface area (Å²) in [5.74, 6) is -0.405. The van der Waals surface area contributed by atoms with Crippen LogP contribution in [0.4, 0.5) is 0 Å². The molecule has 4 rings (SSSR count). The Morgan fingerprint density at radius 1 is 1.03 bits per heavy atom. The molecule has 0 saturated heterocycles. The Morgan fingerprint density at radius 2 is 1.79 bits per heavy atom. The number of methoxy groups -OCH3 is 1. The average molecular weight is 527 g/mol. The van der Waals surface area contributed by atoms with Gasteiger partial charge in [0.2, 0.25) is 0 Å². The van der Waals surface area contributed by atoms with E-state index in [1.54, 1.807) is 25.1 Å². The number of H-pyrrole nitrogens is 2. The van der Waals surface area contributed by atoms with Crippen molar-refractivity contribution >= 4 is 28.9 Å². The summed E-state index contributed by atoms with van der Waals surface area (Å²) < 4.78 is 4.71. The normalized spacial score (nSPS) is 12.3. The van der Waals surface area contributed by atoms with Gasteiger partial charge in [0.05, 0.1) is 7.11 Å². The first-order valence-corrected chi connectivity index (χ1v) is 13.4. The molecule has 0 radical (unpaired) electrons. The standard InChI is InChI=1S/C32H38N4O3/c1-5-8-30(25-14-11-23(12-15-25)13-16-31(37)39-4)36(22-24-19-29(33-20-24)32(38)35(2)3)18-17-26-21-34-28-10-7-6-9-27(26)28/h6-7,9-16,19-21,30,33-34H,5,8,17-18,22H2,1-4H3/b16-13+. The average Bonchev–Trinajstić information content (AvgIpc) is 3.59. The molecule has 0 aliphatic rings. The van der Waals surface area contributed by atoms with Crippen LogP contribution in [0.1, 0.15) is 58.5 Å². The van der Waals surface area contributed by atoms with E-state index in [0.29, 0.717) is 12.2 Å². The molecule has 2 N–H and O–H groups in total. The second kappa shape index (κ2) is 13.1. The molecule has 7 nitrogen and oxygen atoms in total. The summed E-state index contributed by atoms with van der Waals surface area (Å²) in [4.78, 5) is 34.7. The van der Waals surface area contributed by atoms with E-state index in [-0.39, 0.29) is 17.9 Å². The van der Waals surface area contributed by atoms with Gasteiger partial charge in [-0.2, -0.15) is 0 Å². The van der Waals surface area contributed by atoms with Crippen LogP contribution in [-0.4, -0.2) is 59.4 Å². The Balaban J connectivity index is 1.61. The fourth-order valence-electron chi connectivity index (χ4n) is 4.97. The highest BCUT2D eigenvalue weighted by molar-refractivity contribution is 5.92. The van der Waals surface area contributed by atoms with Gasteiger partial charge in [-0.3, -0.25) is 9.69 Å². The van der Waals surface area contributed by atoms with Crippen molar-refractivity contribution in [2.75, 3.05) is 27.7 Å². The summed E-state index contributed by atoms with van der Waals surface area (Å²) >= 11 is 0. The SMILES string of the molecule is CCCC(c1ccc(/C=C/C(=O)OC)cc1)N(CCc1c[nH]c2ccccc12)Cc1c[nH]c(C(=O)N(C)C)c1. The molecule has 7 heteroatoms. The molecule has 2 aromatic carbocycles. The van der Waals surface area contributed by atoms with Gasteiger partial charge in [0.25, 0.3) is 5.91 Å². The number of para-hydroxylation sites is 1. The number of aromatic nitrogens is 2. The third kappa shape index (κ3) is 7.06. The Labute approximate surface area is 230 Å². The largest absolute Gasteiger partial charge is 0.466 e. The molecule has 39 heavy (non-hydrogen) atoms. The van der Waals surface area contributed by atoms with Gasteiger partial charge in [-0.1, -0.05) is 55.8 Å². The van der Waals surface area contributed by atoms with Crippen LogP contribution in [0.3, 0.4) is 0 Å². The fourth-order valence-corrected chi connectivity index (χ4v) is 4.97. The zero-order chi connectivity index (χ0) is 27.8. The van der Waals surface area contributed by atoms with Crippen LogP contribution >= 0.6 is 0 Å². The van der Waals surface area contributed by atoms with Crippen molar-refractivity contribution in [3.8, 4) is 0 Å². The van der Waals surface area contributed by atoms with E-state index in [9.17, 15) is 9.59 Å². The summed E-state index contributed by atoms with van der Waals surface area (Å²) in [5, 5.41) is 1.26. The van der Waals surface area contributed by atoms with E-state index >= 15 is 0 Å². The molecule has 4 aromatic rings.